The third kappa shape index (κ3) is 3.23. The number of para-hydroxylation sites is 1. The van der Waals surface area contributed by atoms with Crippen LogP contribution in [-0.2, 0) is 20.7 Å². The van der Waals surface area contributed by atoms with Crippen LogP contribution in [0, 0.1) is 5.41 Å². The topological polar surface area (TPSA) is 62.4 Å². The summed E-state index contributed by atoms with van der Waals surface area (Å²) in [5, 5.41) is 1.06. The Balaban J connectivity index is 2.11. The number of benzene rings is 1. The highest BCUT2D eigenvalue weighted by molar-refractivity contribution is 6.20. The first kappa shape index (κ1) is 18.5. The van der Waals surface area contributed by atoms with Crippen molar-refractivity contribution in [3.05, 3.63) is 41.7 Å². The van der Waals surface area contributed by atoms with E-state index in [0.29, 0.717) is 18.5 Å². The molecule has 0 aliphatic carbocycles. The summed E-state index contributed by atoms with van der Waals surface area (Å²) in [6, 6.07) is 7.92. The van der Waals surface area contributed by atoms with Gasteiger partial charge in [0.1, 0.15) is 0 Å². The molecule has 1 aromatic carbocycles. The summed E-state index contributed by atoms with van der Waals surface area (Å²) in [6.07, 6.45) is 2.25. The molecule has 6 heteroatoms. The molecule has 0 radical (unpaired) electrons. The van der Waals surface area contributed by atoms with Crippen molar-refractivity contribution in [3.8, 4) is 0 Å². The summed E-state index contributed by atoms with van der Waals surface area (Å²) in [5.74, 6) is -0.341. The lowest BCUT2D eigenvalue weighted by atomic mass is 9.94. The van der Waals surface area contributed by atoms with Crippen LogP contribution in [0.2, 0.25) is 0 Å². The number of carbonyl (C=O) groups is 2. The van der Waals surface area contributed by atoms with Gasteiger partial charge < -0.3 is 14.6 Å². The summed E-state index contributed by atoms with van der Waals surface area (Å²) in [7, 11) is 0. The van der Waals surface area contributed by atoms with Crippen molar-refractivity contribution in [2.45, 2.75) is 27.2 Å². The number of rotatable bonds is 4. The molecule has 5 nitrogen and oxygen atoms in total. The summed E-state index contributed by atoms with van der Waals surface area (Å²) in [6.45, 7) is 6.13. The lowest BCUT2D eigenvalue weighted by Gasteiger charge is -2.27. The number of H-pyrrole nitrogens is 1. The van der Waals surface area contributed by atoms with Gasteiger partial charge in [-0.3, -0.25) is 4.79 Å². The molecule has 1 aliphatic rings. The van der Waals surface area contributed by atoms with Crippen molar-refractivity contribution in [3.63, 3.8) is 0 Å². The molecule has 3 rings (SSSR count). The number of fused-ring (bicyclic) bond motifs is 3. The van der Waals surface area contributed by atoms with Gasteiger partial charge >= 0.3 is 5.97 Å². The van der Waals surface area contributed by atoms with Crippen molar-refractivity contribution in [1.82, 2.24) is 9.88 Å². The van der Waals surface area contributed by atoms with E-state index in [1.54, 1.807) is 31.9 Å². The average Bonchev–Trinajstić information content (AvgIpc) is 2.89. The first-order chi connectivity index (χ1) is 12.4. The number of amides is 1. The minimum Gasteiger partial charge on any atom is -0.462 e. The van der Waals surface area contributed by atoms with Gasteiger partial charge in [0.05, 0.1) is 23.3 Å². The molecule has 0 fully saturated rings. The van der Waals surface area contributed by atoms with E-state index in [1.165, 1.54) is 0 Å². The van der Waals surface area contributed by atoms with Gasteiger partial charge in [-0.05, 0) is 38.8 Å². The van der Waals surface area contributed by atoms with Crippen molar-refractivity contribution in [2.75, 3.05) is 19.0 Å². The summed E-state index contributed by atoms with van der Waals surface area (Å²) < 4.78 is 5.24. The maximum Gasteiger partial charge on any atom is 0.341 e. The van der Waals surface area contributed by atoms with Gasteiger partial charge in [-0.1, -0.05) is 18.2 Å². The van der Waals surface area contributed by atoms with Crippen LogP contribution in [0.25, 0.3) is 16.5 Å². The zero-order chi connectivity index (χ0) is 18.9. The highest BCUT2D eigenvalue weighted by Crippen LogP contribution is 2.32. The Bertz CT molecular complexity index is 882. The monoisotopic (exact) mass is 374 g/mol. The molecule has 1 aromatic heterocycles. The van der Waals surface area contributed by atoms with E-state index in [1.807, 2.05) is 24.3 Å². The zero-order valence-electron chi connectivity index (χ0n) is 15.3. The number of hydrogen-bond donors (Lipinski definition) is 1. The fourth-order valence-electron chi connectivity index (χ4n) is 3.18. The molecule has 2 heterocycles. The molecule has 0 bridgehead atoms. The number of hydrogen-bond acceptors (Lipinski definition) is 3. The van der Waals surface area contributed by atoms with E-state index >= 15 is 0 Å². The normalized spacial score (nSPS) is 14.6. The Kier molecular flexibility index (Phi) is 5.10. The van der Waals surface area contributed by atoms with Crippen LogP contribution in [-0.4, -0.2) is 40.8 Å². The number of alkyl halides is 1. The van der Waals surface area contributed by atoms with Crippen molar-refractivity contribution in [2.24, 2.45) is 5.41 Å². The Morgan fingerprint density at radius 1 is 1.31 bits per heavy atom. The smallest absolute Gasteiger partial charge is 0.341 e. The Labute approximate surface area is 158 Å². The molecular formula is C20H23ClN2O3. The van der Waals surface area contributed by atoms with E-state index in [2.05, 4.69) is 4.98 Å². The van der Waals surface area contributed by atoms with Crippen LogP contribution in [0.4, 0.5) is 0 Å². The average molecular weight is 375 g/mol. The number of halogens is 1. The van der Waals surface area contributed by atoms with Gasteiger partial charge in [0.25, 0.3) is 0 Å². The third-order valence-corrected chi connectivity index (χ3v) is 5.31. The second-order valence-electron chi connectivity index (χ2n) is 7.05. The van der Waals surface area contributed by atoms with Crippen LogP contribution in [0.1, 0.15) is 32.0 Å². The van der Waals surface area contributed by atoms with E-state index in [9.17, 15) is 9.59 Å². The second-order valence-corrected chi connectivity index (χ2v) is 7.32. The van der Waals surface area contributed by atoms with Gasteiger partial charge in [-0.2, -0.15) is 0 Å². The standard InChI is InChI=1S/C20H23ClN2O3/c1-4-26-18(24)15-11-23(19(25)20(2,3)12-21)10-9-14-13-7-5-6-8-16(13)22-17(14)15/h5-8,11,22H,4,9-10,12H2,1-3H3. The van der Waals surface area contributed by atoms with Gasteiger partial charge in [0.15, 0.2) is 0 Å². The van der Waals surface area contributed by atoms with Crippen LogP contribution in [0.15, 0.2) is 30.5 Å². The molecule has 0 atom stereocenters. The van der Waals surface area contributed by atoms with Gasteiger partial charge in [0, 0.05) is 29.5 Å². The molecule has 0 unspecified atom stereocenters. The van der Waals surface area contributed by atoms with Crippen LogP contribution < -0.4 is 0 Å². The molecule has 0 saturated carbocycles. The third-order valence-electron chi connectivity index (χ3n) is 4.64. The lowest BCUT2D eigenvalue weighted by Crippen LogP contribution is -2.39. The number of ether oxygens (including phenoxy) is 1. The predicted molar refractivity (Wildman–Crippen MR) is 103 cm³/mol. The molecule has 0 saturated heterocycles. The fraction of sp³-hybridized carbons (Fsp3) is 0.400. The minimum atomic E-state index is -0.710. The highest BCUT2D eigenvalue weighted by atomic mass is 35.5. The van der Waals surface area contributed by atoms with Crippen molar-refractivity contribution < 1.29 is 14.3 Å². The largest absolute Gasteiger partial charge is 0.462 e. The Morgan fingerprint density at radius 2 is 2.04 bits per heavy atom. The van der Waals surface area contributed by atoms with Crippen molar-refractivity contribution >= 4 is 40.0 Å². The highest BCUT2D eigenvalue weighted by Gasteiger charge is 2.33. The maximum atomic E-state index is 12.9. The predicted octanol–water partition coefficient (Wildman–Crippen LogP) is 3.72. The number of carbonyl (C=O) groups excluding carboxylic acids is 2. The molecule has 26 heavy (non-hydrogen) atoms. The zero-order valence-corrected chi connectivity index (χ0v) is 16.0. The number of nitrogens with one attached hydrogen (secondary N) is 1. The summed E-state index contributed by atoms with van der Waals surface area (Å²) in [4.78, 5) is 30.4. The van der Waals surface area contributed by atoms with E-state index in [4.69, 9.17) is 16.3 Å². The molecule has 2 aromatic rings. The van der Waals surface area contributed by atoms with E-state index in [0.717, 1.165) is 22.2 Å². The van der Waals surface area contributed by atoms with Crippen LogP contribution in [0.5, 0.6) is 0 Å². The number of nitrogens with zero attached hydrogens (tertiary/aromatic N) is 1. The molecular weight excluding hydrogens is 352 g/mol. The number of esters is 1. The fourth-order valence-corrected chi connectivity index (χ4v) is 3.29. The Hall–Kier alpha value is -2.27. The summed E-state index contributed by atoms with van der Waals surface area (Å²) >= 11 is 5.98. The summed E-state index contributed by atoms with van der Waals surface area (Å²) in [5.41, 5.74) is 2.38. The lowest BCUT2D eigenvalue weighted by molar-refractivity contribution is -0.136. The number of aromatic amines is 1. The van der Waals surface area contributed by atoms with Crippen LogP contribution in [0.3, 0.4) is 0 Å². The van der Waals surface area contributed by atoms with E-state index < -0.39 is 11.4 Å². The van der Waals surface area contributed by atoms with E-state index in [-0.39, 0.29) is 18.4 Å². The molecule has 1 amide bonds. The molecule has 0 spiro atoms. The van der Waals surface area contributed by atoms with Gasteiger partial charge in [-0.25, -0.2) is 4.79 Å². The molecule has 1 N–H and O–H groups in total. The second kappa shape index (κ2) is 7.16. The van der Waals surface area contributed by atoms with Gasteiger partial charge in [0.2, 0.25) is 5.91 Å². The SMILES string of the molecule is CCOC(=O)C1=CN(C(=O)C(C)(C)CCl)CCc2c1[nH]c1ccccc21. The Morgan fingerprint density at radius 3 is 2.73 bits per heavy atom. The van der Waals surface area contributed by atoms with Gasteiger partial charge in [-0.15, -0.1) is 11.6 Å². The van der Waals surface area contributed by atoms with Crippen LogP contribution >= 0.6 is 11.6 Å². The maximum absolute atomic E-state index is 12.9. The quantitative estimate of drug-likeness (QED) is 0.655. The van der Waals surface area contributed by atoms with Crippen molar-refractivity contribution in [1.29, 1.82) is 0 Å². The first-order valence-electron chi connectivity index (χ1n) is 8.75. The molecule has 138 valence electrons. The molecule has 1 aliphatic heterocycles. The first-order valence-corrected chi connectivity index (χ1v) is 9.28. The minimum absolute atomic E-state index is 0.108. The number of aromatic nitrogens is 1.